The number of carbonyl (C=O) groups is 4. The van der Waals surface area contributed by atoms with Crippen LogP contribution in [0.5, 0.6) is 0 Å². The van der Waals surface area contributed by atoms with Gasteiger partial charge in [-0.1, -0.05) is 59.5 Å². The first-order valence-corrected chi connectivity index (χ1v) is 16.3. The van der Waals surface area contributed by atoms with Crippen LogP contribution in [0, 0.1) is 5.92 Å². The number of thioether (sulfide) groups is 1. The zero-order chi connectivity index (χ0) is 31.9. The zero-order valence-corrected chi connectivity index (χ0v) is 26.0. The number of hydrogen-bond donors (Lipinski definition) is 1. The first-order chi connectivity index (χ1) is 22.3. The summed E-state index contributed by atoms with van der Waals surface area (Å²) in [7, 11) is 0. The Bertz CT molecular complexity index is 2080. The highest BCUT2D eigenvalue weighted by atomic mass is 32.2. The molecule has 12 heteroatoms. The third kappa shape index (κ3) is 5.19. The monoisotopic (exact) mass is 650 g/mol. The highest BCUT2D eigenvalue weighted by Gasteiger charge is 2.57. The molecule has 0 bridgehead atoms. The van der Waals surface area contributed by atoms with Crippen LogP contribution in [0.4, 0.5) is 11.4 Å². The topological polar surface area (TPSA) is 128 Å². The predicted octanol–water partition coefficient (Wildman–Crippen LogP) is 5.07. The van der Waals surface area contributed by atoms with Crippen LogP contribution in [0.25, 0.3) is 10.8 Å². The SMILES string of the molecule is CCOC(=O)c1ccc(N2C(=O)C3Sc4c(sc(=O)n4CC(=O)Nc4ccc5ccccc5c4)[C@H](c4cccnc4)C3C2=O)cc1. The van der Waals surface area contributed by atoms with Crippen molar-refractivity contribution in [1.29, 1.82) is 0 Å². The van der Waals surface area contributed by atoms with Gasteiger partial charge in [-0.25, -0.2) is 9.69 Å². The second-order valence-electron chi connectivity index (χ2n) is 10.8. The third-order valence-corrected chi connectivity index (χ3v) is 10.7. The fourth-order valence-electron chi connectivity index (χ4n) is 6.00. The molecule has 2 aliphatic heterocycles. The normalized spacial score (nSPS) is 18.7. The lowest BCUT2D eigenvalue weighted by atomic mass is 9.84. The molecule has 10 nitrogen and oxygen atoms in total. The number of rotatable bonds is 7. The molecule has 46 heavy (non-hydrogen) atoms. The number of esters is 1. The summed E-state index contributed by atoms with van der Waals surface area (Å²) in [5.74, 6) is -3.17. The molecule has 2 unspecified atom stereocenters. The lowest BCUT2D eigenvalue weighted by Gasteiger charge is -2.30. The minimum absolute atomic E-state index is 0.223. The summed E-state index contributed by atoms with van der Waals surface area (Å²) in [4.78, 5) is 72.5. The Hall–Kier alpha value is -5.07. The van der Waals surface area contributed by atoms with E-state index in [1.165, 1.54) is 16.7 Å². The van der Waals surface area contributed by atoms with E-state index in [9.17, 15) is 24.0 Å². The number of aromatic nitrogens is 2. The van der Waals surface area contributed by atoms with Gasteiger partial charge in [0.2, 0.25) is 17.7 Å². The first kappa shape index (κ1) is 29.6. The van der Waals surface area contributed by atoms with Crippen LogP contribution in [0.15, 0.2) is 101 Å². The fraction of sp³-hybridized carbons (Fsp3) is 0.176. The number of thiazole rings is 1. The molecule has 0 aliphatic carbocycles. The minimum Gasteiger partial charge on any atom is -0.462 e. The third-order valence-electron chi connectivity index (χ3n) is 8.06. The van der Waals surface area contributed by atoms with Crippen LogP contribution >= 0.6 is 23.1 Å². The average Bonchev–Trinajstić information content (AvgIpc) is 3.51. The summed E-state index contributed by atoms with van der Waals surface area (Å²) in [6.07, 6.45) is 3.25. The molecule has 0 saturated carbocycles. The second kappa shape index (κ2) is 12.0. The van der Waals surface area contributed by atoms with Gasteiger partial charge < -0.3 is 10.1 Å². The molecule has 5 aromatic rings. The number of nitrogens with zero attached hydrogens (tertiary/aromatic N) is 3. The average molecular weight is 651 g/mol. The van der Waals surface area contributed by atoms with Crippen LogP contribution < -0.4 is 15.1 Å². The van der Waals surface area contributed by atoms with Crippen LogP contribution in [0.2, 0.25) is 0 Å². The van der Waals surface area contributed by atoms with Crippen molar-refractivity contribution >= 4 is 68.9 Å². The lowest BCUT2D eigenvalue weighted by molar-refractivity contribution is -0.122. The maximum absolute atomic E-state index is 14.1. The van der Waals surface area contributed by atoms with E-state index in [0.29, 0.717) is 32.4 Å². The van der Waals surface area contributed by atoms with E-state index in [1.54, 1.807) is 43.6 Å². The van der Waals surface area contributed by atoms with Crippen molar-refractivity contribution in [3.05, 3.63) is 117 Å². The van der Waals surface area contributed by atoms with Crippen molar-refractivity contribution in [1.82, 2.24) is 9.55 Å². The number of imide groups is 1. The van der Waals surface area contributed by atoms with Gasteiger partial charge in [-0.05, 0) is 65.7 Å². The fourth-order valence-corrected chi connectivity index (χ4v) is 8.77. The van der Waals surface area contributed by atoms with Gasteiger partial charge in [-0.2, -0.15) is 0 Å². The van der Waals surface area contributed by atoms with Crippen molar-refractivity contribution < 1.29 is 23.9 Å². The summed E-state index contributed by atoms with van der Waals surface area (Å²) in [6, 6.07) is 23.1. The second-order valence-corrected chi connectivity index (χ2v) is 13.0. The van der Waals surface area contributed by atoms with Crippen molar-refractivity contribution in [3.63, 3.8) is 0 Å². The van der Waals surface area contributed by atoms with Gasteiger partial charge >= 0.3 is 10.8 Å². The number of anilines is 2. The van der Waals surface area contributed by atoms with Crippen molar-refractivity contribution in [2.75, 3.05) is 16.8 Å². The van der Waals surface area contributed by atoms with Crippen molar-refractivity contribution in [2.45, 2.75) is 29.7 Å². The van der Waals surface area contributed by atoms with Gasteiger partial charge in [-0.15, -0.1) is 0 Å². The van der Waals surface area contributed by atoms with E-state index < -0.39 is 40.8 Å². The molecule has 7 rings (SSSR count). The number of nitrogens with one attached hydrogen (secondary N) is 1. The molecule has 2 aliphatic rings. The molecule has 0 radical (unpaired) electrons. The number of carbonyl (C=O) groups excluding carboxylic acids is 4. The van der Waals surface area contributed by atoms with Crippen LogP contribution in [-0.2, 0) is 25.7 Å². The molecule has 0 spiro atoms. The van der Waals surface area contributed by atoms with Crippen molar-refractivity contribution in [2.24, 2.45) is 5.92 Å². The number of ether oxygens (including phenoxy) is 1. The Kier molecular flexibility index (Phi) is 7.75. The van der Waals surface area contributed by atoms with Gasteiger partial charge in [0.1, 0.15) is 11.8 Å². The van der Waals surface area contributed by atoms with E-state index >= 15 is 0 Å². The van der Waals surface area contributed by atoms with E-state index in [4.69, 9.17) is 4.74 Å². The van der Waals surface area contributed by atoms with Crippen LogP contribution in [-0.4, -0.2) is 45.1 Å². The minimum atomic E-state index is -0.848. The van der Waals surface area contributed by atoms with E-state index in [1.807, 2.05) is 42.5 Å². The highest BCUT2D eigenvalue weighted by molar-refractivity contribution is 8.00. The van der Waals surface area contributed by atoms with Crippen LogP contribution in [0.3, 0.4) is 0 Å². The Morgan fingerprint density at radius 3 is 2.46 bits per heavy atom. The van der Waals surface area contributed by atoms with E-state index in [0.717, 1.165) is 38.8 Å². The van der Waals surface area contributed by atoms with Gasteiger partial charge in [0.15, 0.2) is 0 Å². The smallest absolute Gasteiger partial charge is 0.338 e. The first-order valence-electron chi connectivity index (χ1n) is 14.6. The largest absolute Gasteiger partial charge is 0.462 e. The molecule has 3 amide bonds. The van der Waals surface area contributed by atoms with Gasteiger partial charge in [0.05, 0.1) is 28.8 Å². The molecule has 230 valence electrons. The molecular formula is C34H26N4O6S2. The number of benzene rings is 3. The number of hydrogen-bond acceptors (Lipinski definition) is 9. The molecule has 3 atom stereocenters. The molecule has 2 aromatic heterocycles. The Morgan fingerprint density at radius 1 is 0.935 bits per heavy atom. The predicted molar refractivity (Wildman–Crippen MR) is 175 cm³/mol. The van der Waals surface area contributed by atoms with E-state index in [2.05, 4.69) is 10.3 Å². The van der Waals surface area contributed by atoms with Gasteiger partial charge in [-0.3, -0.25) is 28.7 Å². The van der Waals surface area contributed by atoms with Crippen LogP contribution in [0.1, 0.15) is 33.6 Å². The summed E-state index contributed by atoms with van der Waals surface area (Å²) in [6.45, 7) is 1.67. The molecule has 3 aromatic carbocycles. The lowest BCUT2D eigenvalue weighted by Crippen LogP contribution is -2.33. The van der Waals surface area contributed by atoms with Gasteiger partial charge in [0, 0.05) is 28.9 Å². The zero-order valence-electron chi connectivity index (χ0n) is 24.4. The van der Waals surface area contributed by atoms with Crippen molar-refractivity contribution in [3.8, 4) is 0 Å². The highest BCUT2D eigenvalue weighted by Crippen LogP contribution is 2.53. The number of pyridine rings is 1. The molecule has 1 N–H and O–H groups in total. The molecular weight excluding hydrogens is 625 g/mol. The summed E-state index contributed by atoms with van der Waals surface area (Å²) >= 11 is 2.11. The van der Waals surface area contributed by atoms with Gasteiger partial charge in [0.25, 0.3) is 0 Å². The summed E-state index contributed by atoms with van der Waals surface area (Å²) in [5, 5.41) is 4.53. The Morgan fingerprint density at radius 2 is 1.72 bits per heavy atom. The summed E-state index contributed by atoms with van der Waals surface area (Å²) < 4.78 is 6.43. The maximum Gasteiger partial charge on any atom is 0.338 e. The summed E-state index contributed by atoms with van der Waals surface area (Å²) in [5.41, 5.74) is 1.92. The molecule has 1 fully saturated rings. The molecule has 4 heterocycles. The Labute approximate surface area is 271 Å². The number of amides is 3. The standard InChI is InChI=1S/C34H26N4O6S2/c1-2-44-33(42)20-10-13-24(14-11-20)38-30(40)27-26(22-8-5-15-35-17-22)29-32(45-28(27)31(38)41)37(34(43)46-29)18-25(39)36-23-12-9-19-6-3-4-7-21(19)16-23/h3-17,26-28H,2,18H2,1H3,(H,36,39)/t26-,27?,28?/m1/s1. The Balaban J connectivity index is 1.22. The maximum atomic E-state index is 14.1. The van der Waals surface area contributed by atoms with E-state index in [-0.39, 0.29) is 18.0 Å². The number of fused-ring (bicyclic) bond motifs is 3. The quantitative estimate of drug-likeness (QED) is 0.191. The molecule has 1 saturated heterocycles.